The van der Waals surface area contributed by atoms with Crippen molar-refractivity contribution in [1.82, 2.24) is 19.7 Å². The zero-order valence-electron chi connectivity index (χ0n) is 16.9. The molecule has 0 bridgehead atoms. The largest absolute Gasteiger partial charge is 0.493 e. The molecule has 2 aromatic heterocycles. The smallest absolute Gasteiger partial charge is 0.255 e. The Kier molecular flexibility index (Phi) is 4.45. The van der Waals surface area contributed by atoms with Gasteiger partial charge in [0.1, 0.15) is 0 Å². The van der Waals surface area contributed by atoms with E-state index in [2.05, 4.69) is 10.1 Å². The average molecular weight is 380 g/mol. The Morgan fingerprint density at radius 1 is 1.07 bits per heavy atom. The molecule has 7 nitrogen and oxygen atoms in total. The Labute approximate surface area is 163 Å². The molecule has 146 valence electrons. The summed E-state index contributed by atoms with van der Waals surface area (Å²) in [5, 5.41) is 5.28. The zero-order chi connectivity index (χ0) is 20.0. The van der Waals surface area contributed by atoms with Gasteiger partial charge in [-0.05, 0) is 49.6 Å². The molecule has 0 unspecified atom stereocenters. The number of methoxy groups -OCH3 is 2. The van der Waals surface area contributed by atoms with Gasteiger partial charge in [-0.2, -0.15) is 5.10 Å². The molecular formula is C21H24N4O3. The summed E-state index contributed by atoms with van der Waals surface area (Å²) in [5.74, 6) is 1.41. The van der Waals surface area contributed by atoms with Crippen LogP contribution in [0.2, 0.25) is 0 Å². The van der Waals surface area contributed by atoms with Gasteiger partial charge in [-0.1, -0.05) is 0 Å². The minimum Gasteiger partial charge on any atom is -0.493 e. The third-order valence-corrected chi connectivity index (χ3v) is 5.33. The highest BCUT2D eigenvalue weighted by atomic mass is 16.5. The lowest BCUT2D eigenvalue weighted by Crippen LogP contribution is -2.36. The SMILES string of the molecule is COc1cc2c(cc1OC)CN(C(=O)c1cc(C)nc3c1c(C)nn3C)CC2. The van der Waals surface area contributed by atoms with Gasteiger partial charge < -0.3 is 14.4 Å². The molecule has 7 heteroatoms. The van der Waals surface area contributed by atoms with Gasteiger partial charge in [0.2, 0.25) is 0 Å². The third-order valence-electron chi connectivity index (χ3n) is 5.33. The maximum Gasteiger partial charge on any atom is 0.255 e. The number of nitrogens with zero attached hydrogens (tertiary/aromatic N) is 4. The number of carbonyl (C=O) groups excluding carboxylic acids is 1. The second-order valence-corrected chi connectivity index (χ2v) is 7.17. The molecule has 1 amide bonds. The van der Waals surface area contributed by atoms with Gasteiger partial charge in [-0.3, -0.25) is 9.48 Å². The summed E-state index contributed by atoms with van der Waals surface area (Å²) in [5.41, 5.74) is 5.30. The molecule has 0 radical (unpaired) electrons. The average Bonchev–Trinajstić information content (AvgIpc) is 2.98. The lowest BCUT2D eigenvalue weighted by molar-refractivity contribution is 0.0736. The first-order valence-electron chi connectivity index (χ1n) is 9.27. The lowest BCUT2D eigenvalue weighted by Gasteiger charge is -2.30. The Morgan fingerprint density at radius 2 is 1.75 bits per heavy atom. The number of amides is 1. The Balaban J connectivity index is 1.72. The topological polar surface area (TPSA) is 69.5 Å². The van der Waals surface area contributed by atoms with Crippen LogP contribution in [0.15, 0.2) is 18.2 Å². The second kappa shape index (κ2) is 6.82. The summed E-state index contributed by atoms with van der Waals surface area (Å²) in [6.07, 6.45) is 0.778. The Bertz CT molecular complexity index is 1090. The number of aryl methyl sites for hydroxylation is 3. The lowest BCUT2D eigenvalue weighted by atomic mass is 9.97. The van der Waals surface area contributed by atoms with Crippen LogP contribution in [0, 0.1) is 13.8 Å². The van der Waals surface area contributed by atoms with Crippen molar-refractivity contribution in [3.63, 3.8) is 0 Å². The first-order chi connectivity index (χ1) is 13.4. The first-order valence-corrected chi connectivity index (χ1v) is 9.27. The van der Waals surface area contributed by atoms with Crippen LogP contribution in [0.25, 0.3) is 11.0 Å². The van der Waals surface area contributed by atoms with Crippen molar-refractivity contribution in [3.05, 3.63) is 46.3 Å². The molecule has 0 saturated carbocycles. The van der Waals surface area contributed by atoms with Crippen LogP contribution >= 0.6 is 0 Å². The zero-order valence-corrected chi connectivity index (χ0v) is 16.9. The standard InChI is InChI=1S/C21H24N4O3/c1-12-8-16(19-13(2)23-24(3)20(19)22-12)21(26)25-7-6-14-9-17(27-4)18(28-5)10-15(14)11-25/h8-10H,6-7,11H2,1-5H3. The number of fused-ring (bicyclic) bond motifs is 2. The predicted molar refractivity (Wildman–Crippen MR) is 106 cm³/mol. The van der Waals surface area contributed by atoms with Crippen molar-refractivity contribution in [1.29, 1.82) is 0 Å². The van der Waals surface area contributed by atoms with Gasteiger partial charge in [0, 0.05) is 25.8 Å². The minimum absolute atomic E-state index is 0.00651. The number of hydrogen-bond donors (Lipinski definition) is 0. The van der Waals surface area contributed by atoms with Crippen LogP contribution in [-0.2, 0) is 20.0 Å². The van der Waals surface area contributed by atoms with E-state index in [4.69, 9.17) is 9.47 Å². The van der Waals surface area contributed by atoms with Crippen molar-refractivity contribution in [2.45, 2.75) is 26.8 Å². The fourth-order valence-electron chi connectivity index (χ4n) is 3.97. The van der Waals surface area contributed by atoms with Crippen LogP contribution < -0.4 is 9.47 Å². The Hall–Kier alpha value is -3.09. The summed E-state index contributed by atoms with van der Waals surface area (Å²) in [6, 6.07) is 5.84. The molecule has 0 N–H and O–H groups in total. The molecular weight excluding hydrogens is 356 g/mol. The van der Waals surface area contributed by atoms with E-state index in [1.165, 1.54) is 5.56 Å². The van der Waals surface area contributed by atoms with Crippen molar-refractivity contribution in [2.24, 2.45) is 7.05 Å². The predicted octanol–water partition coefficient (Wildman–Crippen LogP) is 2.80. The summed E-state index contributed by atoms with van der Waals surface area (Å²) >= 11 is 0. The van der Waals surface area contributed by atoms with E-state index in [1.807, 2.05) is 44.0 Å². The number of aromatic nitrogens is 3. The van der Waals surface area contributed by atoms with E-state index < -0.39 is 0 Å². The Morgan fingerprint density at radius 3 is 2.43 bits per heavy atom. The van der Waals surface area contributed by atoms with Crippen LogP contribution in [0.3, 0.4) is 0 Å². The highest BCUT2D eigenvalue weighted by Crippen LogP contribution is 2.34. The van der Waals surface area contributed by atoms with Crippen molar-refractivity contribution >= 4 is 16.9 Å². The first kappa shape index (κ1) is 18.3. The summed E-state index contributed by atoms with van der Waals surface area (Å²) in [6.45, 7) is 5.01. The van der Waals surface area contributed by atoms with Crippen LogP contribution in [-0.4, -0.2) is 46.3 Å². The molecule has 1 aliphatic rings. The second-order valence-electron chi connectivity index (χ2n) is 7.17. The normalized spacial score (nSPS) is 13.5. The summed E-state index contributed by atoms with van der Waals surface area (Å²) < 4.78 is 12.6. The van der Waals surface area contributed by atoms with Gasteiger partial charge in [0.05, 0.1) is 30.9 Å². The van der Waals surface area contributed by atoms with Gasteiger partial charge >= 0.3 is 0 Å². The summed E-state index contributed by atoms with van der Waals surface area (Å²) in [7, 11) is 5.11. The molecule has 0 aliphatic carbocycles. The van der Waals surface area contributed by atoms with Gasteiger partial charge in [0.25, 0.3) is 5.91 Å². The monoisotopic (exact) mass is 380 g/mol. The van der Waals surface area contributed by atoms with E-state index >= 15 is 0 Å². The van der Waals surface area contributed by atoms with E-state index in [1.54, 1.807) is 18.9 Å². The molecule has 0 spiro atoms. The number of benzene rings is 1. The van der Waals surface area contributed by atoms with E-state index in [9.17, 15) is 4.79 Å². The fourth-order valence-corrected chi connectivity index (χ4v) is 3.97. The molecule has 1 aromatic carbocycles. The van der Waals surface area contributed by atoms with Gasteiger partial charge in [-0.25, -0.2) is 4.98 Å². The number of hydrogen-bond acceptors (Lipinski definition) is 5. The minimum atomic E-state index is 0.00651. The maximum atomic E-state index is 13.4. The van der Waals surface area contributed by atoms with E-state index in [0.717, 1.165) is 40.2 Å². The number of ether oxygens (including phenoxy) is 2. The molecule has 3 heterocycles. The molecule has 4 rings (SSSR count). The van der Waals surface area contributed by atoms with Gasteiger partial charge in [0.15, 0.2) is 17.1 Å². The molecule has 0 fully saturated rings. The van der Waals surface area contributed by atoms with Crippen molar-refractivity contribution < 1.29 is 14.3 Å². The van der Waals surface area contributed by atoms with Crippen LogP contribution in [0.4, 0.5) is 0 Å². The maximum absolute atomic E-state index is 13.4. The fraction of sp³-hybridized carbons (Fsp3) is 0.381. The highest BCUT2D eigenvalue weighted by Gasteiger charge is 2.26. The van der Waals surface area contributed by atoms with E-state index in [-0.39, 0.29) is 5.91 Å². The molecule has 0 atom stereocenters. The molecule has 1 aliphatic heterocycles. The number of pyridine rings is 1. The highest BCUT2D eigenvalue weighted by molar-refractivity contribution is 6.06. The number of rotatable bonds is 3. The quantitative estimate of drug-likeness (QED) is 0.699. The van der Waals surface area contributed by atoms with Crippen molar-refractivity contribution in [3.8, 4) is 11.5 Å². The van der Waals surface area contributed by atoms with Crippen LogP contribution in [0.5, 0.6) is 11.5 Å². The van der Waals surface area contributed by atoms with Gasteiger partial charge in [-0.15, -0.1) is 0 Å². The molecule has 3 aromatic rings. The van der Waals surface area contributed by atoms with Crippen LogP contribution in [0.1, 0.15) is 32.9 Å². The molecule has 28 heavy (non-hydrogen) atoms. The van der Waals surface area contributed by atoms with E-state index in [0.29, 0.717) is 24.4 Å². The third kappa shape index (κ3) is 2.87. The molecule has 0 saturated heterocycles. The number of carbonyl (C=O) groups is 1. The summed E-state index contributed by atoms with van der Waals surface area (Å²) in [4.78, 5) is 19.9. The van der Waals surface area contributed by atoms with Crippen molar-refractivity contribution in [2.75, 3.05) is 20.8 Å².